The molecule has 0 fully saturated rings. The van der Waals surface area contributed by atoms with Gasteiger partial charge in [0, 0.05) is 52.3 Å². The van der Waals surface area contributed by atoms with Gasteiger partial charge in [0.1, 0.15) is 0 Å². The van der Waals surface area contributed by atoms with E-state index < -0.39 is 0 Å². The molecule has 2 aromatic carbocycles. The minimum atomic E-state index is 0. The van der Waals surface area contributed by atoms with Crippen molar-refractivity contribution >= 4 is 23.3 Å². The first-order valence-electron chi connectivity index (χ1n) is 20.0. The Morgan fingerprint density at radius 3 is 1.43 bits per heavy atom. The summed E-state index contributed by atoms with van der Waals surface area (Å²) in [5.74, 6) is 13.7. The molecule has 0 N–H and O–H groups in total. The molecule has 0 unspecified atom stereocenters. The van der Waals surface area contributed by atoms with Crippen LogP contribution < -0.4 is 0 Å². The summed E-state index contributed by atoms with van der Waals surface area (Å²) < 4.78 is 0. The van der Waals surface area contributed by atoms with E-state index >= 15 is 0 Å². The molecule has 0 aliphatic carbocycles. The topological polar surface area (TPSA) is 24.7 Å². The van der Waals surface area contributed by atoms with E-state index in [1.54, 1.807) is 0 Å². The monoisotopic (exact) mass is 754 g/mol. The molecule has 0 bridgehead atoms. The zero-order chi connectivity index (χ0) is 34.2. The molecule has 0 saturated heterocycles. The fraction of sp³-hybridized carbons (Fsp3) is 0.609. The van der Waals surface area contributed by atoms with Crippen LogP contribution in [0.5, 0.6) is 0 Å². The molecule has 0 saturated carbocycles. The molecule has 272 valence electrons. The Kier molecular flexibility index (Phi) is 29.8. The van der Waals surface area contributed by atoms with Gasteiger partial charge in [-0.05, 0) is 61.8 Å². The third-order valence-electron chi connectivity index (χ3n) is 8.99. The Morgan fingerprint density at radius 2 is 0.898 bits per heavy atom. The zero-order valence-corrected chi connectivity index (χ0v) is 33.1. The third-order valence-corrected chi connectivity index (χ3v) is 8.99. The van der Waals surface area contributed by atoms with E-state index in [1.165, 1.54) is 120 Å². The summed E-state index contributed by atoms with van der Waals surface area (Å²) in [6.07, 6.45) is 32.2. The van der Waals surface area contributed by atoms with Crippen LogP contribution in [0.15, 0.2) is 58.5 Å². The Hall–Kier alpha value is -2.44. The second-order valence-electron chi connectivity index (χ2n) is 13.4. The molecule has 0 aromatic heterocycles. The molecule has 0 aliphatic rings. The van der Waals surface area contributed by atoms with E-state index in [2.05, 4.69) is 93.0 Å². The van der Waals surface area contributed by atoms with Crippen molar-refractivity contribution in [1.82, 2.24) is 0 Å². The molecule has 0 heterocycles. The summed E-state index contributed by atoms with van der Waals surface area (Å²) in [5, 5.41) is 0. The fourth-order valence-electron chi connectivity index (χ4n) is 5.95. The normalized spacial score (nSPS) is 11.1. The Bertz CT molecular complexity index is 1270. The quantitative estimate of drug-likeness (QED) is 0.0395. The van der Waals surface area contributed by atoms with Crippen LogP contribution in [0.1, 0.15) is 180 Å². The van der Waals surface area contributed by atoms with Gasteiger partial charge < -0.3 is 0 Å². The molecule has 2 rings (SSSR count). The van der Waals surface area contributed by atoms with E-state index in [-0.39, 0.29) is 20.4 Å². The SMILES string of the molecule is CCCCCCCCC#CCCc1ccccc1/N=C(\C=N\c1ccccc1CCC#CCCCCCCCC)CCCCCCCC.[Pd]. The van der Waals surface area contributed by atoms with Crippen molar-refractivity contribution in [2.75, 3.05) is 0 Å². The molecule has 0 spiro atoms. The number of hydrogen-bond acceptors (Lipinski definition) is 2. The van der Waals surface area contributed by atoms with Gasteiger partial charge in [-0.3, -0.25) is 9.98 Å². The predicted molar refractivity (Wildman–Crippen MR) is 214 cm³/mol. The number of unbranched alkanes of at least 4 members (excludes halogenated alkanes) is 17. The van der Waals surface area contributed by atoms with Crippen molar-refractivity contribution < 1.29 is 20.4 Å². The van der Waals surface area contributed by atoms with Crippen LogP contribution in [-0.4, -0.2) is 11.9 Å². The van der Waals surface area contributed by atoms with Crippen molar-refractivity contribution in [3.05, 3.63) is 59.7 Å². The third kappa shape index (κ3) is 23.6. The second kappa shape index (κ2) is 32.7. The zero-order valence-electron chi connectivity index (χ0n) is 31.6. The van der Waals surface area contributed by atoms with Crippen molar-refractivity contribution in [2.24, 2.45) is 9.98 Å². The van der Waals surface area contributed by atoms with E-state index in [9.17, 15) is 0 Å². The standard InChI is InChI=1S/C46H68N2.Pd/c1-4-7-10-13-16-18-20-22-24-27-34-42-36-30-32-39-45(42)47-41-44(38-29-26-15-12-9-6-3)48-46-40-33-31-37-43(46)35-28-25-23-21-19-17-14-11-8-5-2;/h30-33,36-37,39-41H,4-21,26-29,34-35,38H2,1-3H3;/b47-41+,48-44-;. The second-order valence-corrected chi connectivity index (χ2v) is 13.4. The molecule has 0 radical (unpaired) electrons. The number of nitrogens with zero attached hydrogens (tertiary/aromatic N) is 2. The van der Waals surface area contributed by atoms with Crippen LogP contribution in [0.4, 0.5) is 11.4 Å². The Balaban J connectivity index is 0.0000120. The smallest absolute Gasteiger partial charge is 0.0665 e. The molecule has 2 nitrogen and oxygen atoms in total. The summed E-state index contributed by atoms with van der Waals surface area (Å²) in [7, 11) is 0. The molecule has 2 aromatic rings. The Morgan fingerprint density at radius 1 is 0.490 bits per heavy atom. The van der Waals surface area contributed by atoms with Crippen molar-refractivity contribution in [3.63, 3.8) is 0 Å². The number of rotatable bonds is 26. The summed E-state index contributed by atoms with van der Waals surface area (Å²) in [4.78, 5) is 10.3. The molecule has 49 heavy (non-hydrogen) atoms. The van der Waals surface area contributed by atoms with Gasteiger partial charge in [-0.25, -0.2) is 0 Å². The number of para-hydroxylation sites is 2. The minimum Gasteiger partial charge on any atom is -0.255 e. The summed E-state index contributed by atoms with van der Waals surface area (Å²) in [6, 6.07) is 17.2. The first kappa shape index (κ1) is 44.6. The van der Waals surface area contributed by atoms with Crippen LogP contribution in [0.25, 0.3) is 0 Å². The fourth-order valence-corrected chi connectivity index (χ4v) is 5.95. The summed E-state index contributed by atoms with van der Waals surface area (Å²) in [6.45, 7) is 6.82. The van der Waals surface area contributed by atoms with E-state index in [1.807, 2.05) is 6.21 Å². The molecule has 0 aliphatic heterocycles. The first-order chi connectivity index (χ1) is 23.8. The predicted octanol–water partition coefficient (Wildman–Crippen LogP) is 14.3. The van der Waals surface area contributed by atoms with Crippen LogP contribution in [-0.2, 0) is 33.3 Å². The van der Waals surface area contributed by atoms with E-state index in [0.29, 0.717) is 0 Å². The molecular weight excluding hydrogens is 687 g/mol. The van der Waals surface area contributed by atoms with Crippen LogP contribution in [0.3, 0.4) is 0 Å². The van der Waals surface area contributed by atoms with Crippen LogP contribution >= 0.6 is 0 Å². The van der Waals surface area contributed by atoms with Gasteiger partial charge in [-0.1, -0.05) is 153 Å². The van der Waals surface area contributed by atoms with Gasteiger partial charge in [0.25, 0.3) is 0 Å². The van der Waals surface area contributed by atoms with Crippen molar-refractivity contribution in [1.29, 1.82) is 0 Å². The van der Waals surface area contributed by atoms with E-state index in [4.69, 9.17) is 9.98 Å². The molecule has 3 heteroatoms. The number of aryl methyl sites for hydroxylation is 2. The van der Waals surface area contributed by atoms with E-state index in [0.717, 1.165) is 68.5 Å². The average molecular weight is 755 g/mol. The maximum absolute atomic E-state index is 5.23. The van der Waals surface area contributed by atoms with Crippen LogP contribution in [0.2, 0.25) is 0 Å². The van der Waals surface area contributed by atoms with Gasteiger partial charge >= 0.3 is 0 Å². The largest absolute Gasteiger partial charge is 0.255 e. The summed E-state index contributed by atoms with van der Waals surface area (Å²) >= 11 is 0. The molecular formula is C46H68N2Pd. The van der Waals surface area contributed by atoms with Gasteiger partial charge in [0.15, 0.2) is 0 Å². The van der Waals surface area contributed by atoms with Gasteiger partial charge in [0.2, 0.25) is 0 Å². The molecule has 0 amide bonds. The van der Waals surface area contributed by atoms with Gasteiger partial charge in [-0.15, -0.1) is 23.7 Å². The first-order valence-corrected chi connectivity index (χ1v) is 20.0. The number of benzene rings is 2. The van der Waals surface area contributed by atoms with Gasteiger partial charge in [0.05, 0.1) is 17.1 Å². The average Bonchev–Trinajstić information content (AvgIpc) is 3.11. The maximum atomic E-state index is 5.23. The number of hydrogen-bond donors (Lipinski definition) is 0. The van der Waals surface area contributed by atoms with Crippen molar-refractivity contribution in [3.8, 4) is 23.7 Å². The summed E-state index contributed by atoms with van der Waals surface area (Å²) in [5.41, 5.74) is 5.72. The van der Waals surface area contributed by atoms with Gasteiger partial charge in [-0.2, -0.15) is 0 Å². The Labute approximate surface area is 316 Å². The van der Waals surface area contributed by atoms with Crippen molar-refractivity contribution in [2.45, 2.75) is 181 Å². The number of aliphatic imine (C=N–C) groups is 2. The maximum Gasteiger partial charge on any atom is 0.0665 e. The van der Waals surface area contributed by atoms with Crippen LogP contribution in [0, 0.1) is 23.7 Å². The minimum absolute atomic E-state index is 0. The molecule has 0 atom stereocenters.